The van der Waals surface area contributed by atoms with Crippen LogP contribution in [-0.4, -0.2) is 36.9 Å². The van der Waals surface area contributed by atoms with Crippen LogP contribution >= 0.6 is 0 Å². The zero-order valence-corrected chi connectivity index (χ0v) is 12.5. The van der Waals surface area contributed by atoms with Crippen molar-refractivity contribution >= 4 is 11.8 Å². The summed E-state index contributed by atoms with van der Waals surface area (Å²) in [7, 11) is 1.27. The first-order valence-electron chi connectivity index (χ1n) is 7.31. The van der Waals surface area contributed by atoms with Gasteiger partial charge in [0.2, 0.25) is 0 Å². The summed E-state index contributed by atoms with van der Waals surface area (Å²) in [5.41, 5.74) is 0.167. The third-order valence-corrected chi connectivity index (χ3v) is 3.46. The van der Waals surface area contributed by atoms with E-state index in [9.17, 15) is 14.7 Å². The average Bonchev–Trinajstić information content (AvgIpc) is 2.53. The first kappa shape index (κ1) is 16.3. The van der Waals surface area contributed by atoms with Crippen molar-refractivity contribution in [2.24, 2.45) is 0 Å². The maximum atomic E-state index is 12.0. The standard InChI is InChI=1S/C16H20O6/c1-20-15(19)8-7-13(17)12-6-5-11(10-14(12)18)22-16-4-2-3-9-21-16/h5-6,10,16,18H,2-4,7-9H2,1H3/t16-/m1/s1. The first-order valence-corrected chi connectivity index (χ1v) is 7.31. The van der Waals surface area contributed by atoms with Gasteiger partial charge in [-0.05, 0) is 25.0 Å². The Bertz CT molecular complexity index is 533. The fraction of sp³-hybridized carbons (Fsp3) is 0.500. The number of aromatic hydroxyl groups is 1. The molecular formula is C16H20O6. The summed E-state index contributed by atoms with van der Waals surface area (Å²) in [6.07, 6.45) is 2.55. The molecule has 6 nitrogen and oxygen atoms in total. The molecule has 0 bridgehead atoms. The van der Waals surface area contributed by atoms with Crippen LogP contribution in [0.5, 0.6) is 11.5 Å². The fourth-order valence-corrected chi connectivity index (χ4v) is 2.23. The summed E-state index contributed by atoms with van der Waals surface area (Å²) in [6, 6.07) is 4.50. The van der Waals surface area contributed by atoms with Crippen molar-refractivity contribution in [1.29, 1.82) is 0 Å². The molecule has 1 aromatic rings. The maximum absolute atomic E-state index is 12.0. The topological polar surface area (TPSA) is 82.1 Å². The SMILES string of the molecule is COC(=O)CCC(=O)c1ccc(O[C@@H]2CCCCO2)cc1O. The number of Topliss-reactive ketones (excluding diaryl/α,β-unsaturated/α-hetero) is 1. The second kappa shape index (κ2) is 7.79. The van der Waals surface area contributed by atoms with Crippen LogP contribution in [0.2, 0.25) is 0 Å². The molecule has 6 heteroatoms. The van der Waals surface area contributed by atoms with E-state index in [4.69, 9.17) is 9.47 Å². The summed E-state index contributed by atoms with van der Waals surface area (Å²) in [6.45, 7) is 0.667. The predicted molar refractivity (Wildman–Crippen MR) is 77.9 cm³/mol. The molecule has 1 aromatic carbocycles. The van der Waals surface area contributed by atoms with Gasteiger partial charge in [0, 0.05) is 18.9 Å². The van der Waals surface area contributed by atoms with E-state index in [2.05, 4.69) is 4.74 Å². The quantitative estimate of drug-likeness (QED) is 0.642. The number of phenolic OH excluding ortho intramolecular Hbond substituents is 1. The molecule has 1 saturated heterocycles. The molecule has 0 saturated carbocycles. The number of ether oxygens (including phenoxy) is 3. The van der Waals surface area contributed by atoms with Gasteiger partial charge in [-0.1, -0.05) is 0 Å². The lowest BCUT2D eigenvalue weighted by molar-refractivity contribution is -0.140. The molecule has 1 heterocycles. The molecular weight excluding hydrogens is 288 g/mol. The number of methoxy groups -OCH3 is 1. The Morgan fingerprint density at radius 1 is 1.32 bits per heavy atom. The zero-order valence-electron chi connectivity index (χ0n) is 12.5. The van der Waals surface area contributed by atoms with E-state index in [-0.39, 0.29) is 36.2 Å². The van der Waals surface area contributed by atoms with Crippen molar-refractivity contribution in [3.63, 3.8) is 0 Å². The van der Waals surface area contributed by atoms with E-state index in [0.717, 1.165) is 19.3 Å². The Kier molecular flexibility index (Phi) is 5.77. The molecule has 0 aromatic heterocycles. The number of carbonyl (C=O) groups is 2. The average molecular weight is 308 g/mol. The van der Waals surface area contributed by atoms with Crippen LogP contribution < -0.4 is 4.74 Å². The largest absolute Gasteiger partial charge is 0.507 e. The molecule has 22 heavy (non-hydrogen) atoms. The highest BCUT2D eigenvalue weighted by Gasteiger charge is 2.18. The molecule has 1 fully saturated rings. The normalized spacial score (nSPS) is 17.8. The molecule has 0 spiro atoms. The van der Waals surface area contributed by atoms with Crippen LogP contribution in [0.25, 0.3) is 0 Å². The lowest BCUT2D eigenvalue weighted by atomic mass is 10.1. The van der Waals surface area contributed by atoms with E-state index in [1.807, 2.05) is 0 Å². The molecule has 1 atom stereocenters. The number of ketones is 1. The van der Waals surface area contributed by atoms with E-state index < -0.39 is 5.97 Å². The van der Waals surface area contributed by atoms with Crippen molar-refractivity contribution in [2.75, 3.05) is 13.7 Å². The smallest absolute Gasteiger partial charge is 0.305 e. The van der Waals surface area contributed by atoms with Gasteiger partial charge < -0.3 is 19.3 Å². The third-order valence-electron chi connectivity index (χ3n) is 3.46. The van der Waals surface area contributed by atoms with Gasteiger partial charge in [0.25, 0.3) is 0 Å². The Labute approximate surface area is 129 Å². The highest BCUT2D eigenvalue weighted by molar-refractivity contribution is 5.99. The van der Waals surface area contributed by atoms with Crippen molar-refractivity contribution < 1.29 is 28.9 Å². The van der Waals surface area contributed by atoms with Gasteiger partial charge in [0.05, 0.1) is 25.7 Å². The number of benzene rings is 1. The van der Waals surface area contributed by atoms with Gasteiger partial charge in [-0.2, -0.15) is 0 Å². The number of hydrogen-bond donors (Lipinski definition) is 1. The molecule has 0 unspecified atom stereocenters. The molecule has 0 radical (unpaired) electrons. The number of hydrogen-bond acceptors (Lipinski definition) is 6. The van der Waals surface area contributed by atoms with Crippen molar-refractivity contribution in [3.8, 4) is 11.5 Å². The molecule has 0 aliphatic carbocycles. The second-order valence-corrected chi connectivity index (χ2v) is 5.09. The van der Waals surface area contributed by atoms with E-state index in [1.165, 1.54) is 19.2 Å². The summed E-state index contributed by atoms with van der Waals surface area (Å²) in [4.78, 5) is 23.0. The number of carbonyl (C=O) groups excluding carboxylic acids is 2. The molecule has 1 aliphatic rings. The zero-order chi connectivity index (χ0) is 15.9. The highest BCUT2D eigenvalue weighted by Crippen LogP contribution is 2.27. The van der Waals surface area contributed by atoms with Gasteiger partial charge in [-0.15, -0.1) is 0 Å². The van der Waals surface area contributed by atoms with Crippen LogP contribution in [0.4, 0.5) is 0 Å². The van der Waals surface area contributed by atoms with Crippen LogP contribution in [0.1, 0.15) is 42.5 Å². The van der Waals surface area contributed by atoms with Gasteiger partial charge in [0.1, 0.15) is 11.5 Å². The van der Waals surface area contributed by atoms with Crippen LogP contribution in [-0.2, 0) is 14.3 Å². The monoisotopic (exact) mass is 308 g/mol. The Balaban J connectivity index is 1.96. The maximum Gasteiger partial charge on any atom is 0.305 e. The lowest BCUT2D eigenvalue weighted by Crippen LogP contribution is -2.24. The lowest BCUT2D eigenvalue weighted by Gasteiger charge is -2.23. The Morgan fingerprint density at radius 3 is 2.77 bits per heavy atom. The fourth-order valence-electron chi connectivity index (χ4n) is 2.23. The number of rotatable bonds is 6. The molecule has 120 valence electrons. The summed E-state index contributed by atoms with van der Waals surface area (Å²) in [5.74, 6) is -0.484. The van der Waals surface area contributed by atoms with Gasteiger partial charge >= 0.3 is 5.97 Å². The molecule has 0 amide bonds. The first-order chi connectivity index (χ1) is 10.6. The van der Waals surface area contributed by atoms with Crippen LogP contribution in [0.3, 0.4) is 0 Å². The Morgan fingerprint density at radius 2 is 2.14 bits per heavy atom. The van der Waals surface area contributed by atoms with E-state index >= 15 is 0 Å². The van der Waals surface area contributed by atoms with Gasteiger partial charge in [-0.25, -0.2) is 0 Å². The minimum atomic E-state index is -0.456. The minimum absolute atomic E-state index is 0.00776. The second-order valence-electron chi connectivity index (χ2n) is 5.09. The summed E-state index contributed by atoms with van der Waals surface area (Å²) in [5, 5.41) is 9.96. The Hall–Kier alpha value is -2.08. The summed E-state index contributed by atoms with van der Waals surface area (Å²) < 4.78 is 15.6. The third kappa shape index (κ3) is 4.46. The van der Waals surface area contributed by atoms with E-state index in [0.29, 0.717) is 12.4 Å². The van der Waals surface area contributed by atoms with Gasteiger partial charge in [-0.3, -0.25) is 9.59 Å². The summed E-state index contributed by atoms with van der Waals surface area (Å²) >= 11 is 0. The molecule has 1 N–H and O–H groups in total. The van der Waals surface area contributed by atoms with Crippen molar-refractivity contribution in [3.05, 3.63) is 23.8 Å². The molecule has 2 rings (SSSR count). The van der Waals surface area contributed by atoms with Gasteiger partial charge in [0.15, 0.2) is 12.1 Å². The molecule has 1 aliphatic heterocycles. The highest BCUT2D eigenvalue weighted by atomic mass is 16.7. The predicted octanol–water partition coefficient (Wildman–Crippen LogP) is 2.43. The van der Waals surface area contributed by atoms with E-state index in [1.54, 1.807) is 6.07 Å². The van der Waals surface area contributed by atoms with Crippen LogP contribution in [0.15, 0.2) is 18.2 Å². The van der Waals surface area contributed by atoms with Crippen molar-refractivity contribution in [2.45, 2.75) is 38.4 Å². The van der Waals surface area contributed by atoms with Crippen molar-refractivity contribution in [1.82, 2.24) is 0 Å². The number of phenols is 1. The minimum Gasteiger partial charge on any atom is -0.507 e. The number of esters is 1. The van der Waals surface area contributed by atoms with Crippen LogP contribution in [0, 0.1) is 0 Å².